The zero-order chi connectivity index (χ0) is 16.9. The van der Waals surface area contributed by atoms with Crippen LogP contribution in [0.5, 0.6) is 0 Å². The molecule has 0 atom stereocenters. The van der Waals surface area contributed by atoms with E-state index in [0.717, 1.165) is 6.42 Å². The minimum Gasteiger partial charge on any atom is -0.264 e. The van der Waals surface area contributed by atoms with E-state index in [9.17, 15) is 0 Å². The van der Waals surface area contributed by atoms with Gasteiger partial charge in [-0.1, -0.05) is 66.7 Å². The van der Waals surface area contributed by atoms with E-state index in [4.69, 9.17) is 0 Å². The molecule has 0 N–H and O–H groups in total. The van der Waals surface area contributed by atoms with Gasteiger partial charge in [-0.3, -0.25) is 4.98 Å². The van der Waals surface area contributed by atoms with Crippen molar-refractivity contribution in [2.75, 3.05) is 0 Å². The van der Waals surface area contributed by atoms with Gasteiger partial charge in [-0.15, -0.1) is 11.3 Å². The first-order valence-corrected chi connectivity index (χ1v) is 9.36. The summed E-state index contributed by atoms with van der Waals surface area (Å²) in [7, 11) is 0. The van der Waals surface area contributed by atoms with Crippen LogP contribution in [0.4, 0.5) is 0 Å². The summed E-state index contributed by atoms with van der Waals surface area (Å²) in [6.07, 6.45) is 4.86. The van der Waals surface area contributed by atoms with Gasteiger partial charge in [0.2, 0.25) is 0 Å². The molecule has 0 amide bonds. The third-order valence-corrected chi connectivity index (χ3v) is 5.43. The van der Waals surface area contributed by atoms with E-state index < -0.39 is 0 Å². The molecule has 2 aromatic carbocycles. The molecule has 0 aliphatic carbocycles. The summed E-state index contributed by atoms with van der Waals surface area (Å²) in [6.45, 7) is 0. The van der Waals surface area contributed by atoms with E-state index in [1.54, 1.807) is 11.3 Å². The Bertz CT molecular complexity index is 875. The molecular formula is C23H19NS. The molecular weight excluding hydrogens is 322 g/mol. The van der Waals surface area contributed by atoms with E-state index in [1.807, 2.05) is 12.4 Å². The minimum absolute atomic E-state index is 0.337. The van der Waals surface area contributed by atoms with Crippen LogP contribution in [-0.4, -0.2) is 4.98 Å². The highest BCUT2D eigenvalue weighted by molar-refractivity contribution is 7.13. The second-order valence-corrected chi connectivity index (χ2v) is 7.04. The first-order valence-electron chi connectivity index (χ1n) is 8.48. The van der Waals surface area contributed by atoms with E-state index in [2.05, 4.69) is 89.2 Å². The maximum Gasteiger partial charge on any atom is 0.0360 e. The number of aromatic nitrogens is 1. The topological polar surface area (TPSA) is 12.9 Å². The van der Waals surface area contributed by atoms with Crippen molar-refractivity contribution in [3.05, 3.63) is 113 Å². The Morgan fingerprint density at radius 3 is 2.04 bits per heavy atom. The smallest absolute Gasteiger partial charge is 0.0360 e. The lowest BCUT2D eigenvalue weighted by atomic mass is 9.85. The molecule has 2 heterocycles. The van der Waals surface area contributed by atoms with Crippen LogP contribution in [-0.2, 0) is 6.42 Å². The standard InChI is InChI=1S/C23H19NS/c1-3-8-18(9-4-1)21(19-10-5-2-6-11-19)16-20-13-14-24-17-22(20)23-12-7-15-25-23/h1-15,17,21H,16H2. The fraction of sp³-hybridized carbons (Fsp3) is 0.0870. The molecule has 0 bridgehead atoms. The fourth-order valence-electron chi connectivity index (χ4n) is 3.27. The van der Waals surface area contributed by atoms with Crippen LogP contribution in [0, 0.1) is 0 Å². The van der Waals surface area contributed by atoms with Crippen molar-refractivity contribution in [1.29, 1.82) is 0 Å². The van der Waals surface area contributed by atoms with E-state index >= 15 is 0 Å². The van der Waals surface area contributed by atoms with Crippen LogP contribution >= 0.6 is 11.3 Å². The lowest BCUT2D eigenvalue weighted by molar-refractivity contribution is 0.805. The first kappa shape index (κ1) is 15.8. The summed E-state index contributed by atoms with van der Waals surface area (Å²) in [5, 5.41) is 2.12. The molecule has 0 saturated carbocycles. The van der Waals surface area contributed by atoms with Crippen LogP contribution in [0.1, 0.15) is 22.6 Å². The minimum atomic E-state index is 0.337. The summed E-state index contributed by atoms with van der Waals surface area (Å²) in [6, 6.07) is 28.0. The highest BCUT2D eigenvalue weighted by Crippen LogP contribution is 2.33. The molecule has 2 heteroatoms. The molecule has 1 nitrogen and oxygen atoms in total. The third-order valence-electron chi connectivity index (χ3n) is 4.53. The summed E-state index contributed by atoms with van der Waals surface area (Å²) < 4.78 is 0. The summed E-state index contributed by atoms with van der Waals surface area (Å²) >= 11 is 1.77. The van der Waals surface area contributed by atoms with Crippen LogP contribution in [0.15, 0.2) is 96.6 Å². The van der Waals surface area contributed by atoms with Gasteiger partial charge in [0, 0.05) is 28.8 Å². The lowest BCUT2D eigenvalue weighted by Crippen LogP contribution is -2.06. The van der Waals surface area contributed by atoms with Crippen LogP contribution in [0.25, 0.3) is 10.4 Å². The second-order valence-electron chi connectivity index (χ2n) is 6.09. The molecule has 0 spiro atoms. The maximum absolute atomic E-state index is 4.36. The van der Waals surface area contributed by atoms with Crippen molar-refractivity contribution >= 4 is 11.3 Å². The number of hydrogen-bond donors (Lipinski definition) is 0. The SMILES string of the molecule is c1ccc(C(Cc2ccncc2-c2cccs2)c2ccccc2)cc1. The van der Waals surface area contributed by atoms with E-state index in [-0.39, 0.29) is 0 Å². The largest absolute Gasteiger partial charge is 0.264 e. The predicted octanol–water partition coefficient (Wildman–Crippen LogP) is 6.18. The summed E-state index contributed by atoms with van der Waals surface area (Å²) in [4.78, 5) is 5.64. The Hall–Kier alpha value is -2.71. The average Bonchev–Trinajstić information content (AvgIpc) is 3.22. The maximum atomic E-state index is 4.36. The van der Waals surface area contributed by atoms with E-state index in [1.165, 1.54) is 27.1 Å². The normalized spacial score (nSPS) is 10.9. The van der Waals surface area contributed by atoms with Crippen molar-refractivity contribution in [3.63, 3.8) is 0 Å². The zero-order valence-electron chi connectivity index (χ0n) is 13.9. The number of nitrogens with zero attached hydrogens (tertiary/aromatic N) is 1. The van der Waals surface area contributed by atoms with Crippen molar-refractivity contribution in [2.45, 2.75) is 12.3 Å². The predicted molar refractivity (Wildman–Crippen MR) is 106 cm³/mol. The van der Waals surface area contributed by atoms with Gasteiger partial charge in [-0.25, -0.2) is 0 Å². The molecule has 25 heavy (non-hydrogen) atoms. The van der Waals surface area contributed by atoms with Gasteiger partial charge in [0.15, 0.2) is 0 Å². The highest BCUT2D eigenvalue weighted by Gasteiger charge is 2.17. The summed E-state index contributed by atoms with van der Waals surface area (Å²) in [5.41, 5.74) is 5.29. The number of pyridine rings is 1. The Labute approximate surface area is 152 Å². The van der Waals surface area contributed by atoms with Gasteiger partial charge in [0.05, 0.1) is 0 Å². The highest BCUT2D eigenvalue weighted by atomic mass is 32.1. The fourth-order valence-corrected chi connectivity index (χ4v) is 4.05. The second kappa shape index (κ2) is 7.45. The van der Waals surface area contributed by atoms with Gasteiger partial charge in [-0.2, -0.15) is 0 Å². The Morgan fingerprint density at radius 1 is 0.760 bits per heavy atom. The molecule has 0 aliphatic heterocycles. The molecule has 0 radical (unpaired) electrons. The Kier molecular flexibility index (Phi) is 4.71. The quantitative estimate of drug-likeness (QED) is 0.422. The molecule has 122 valence electrons. The Morgan fingerprint density at radius 2 is 1.44 bits per heavy atom. The van der Waals surface area contributed by atoms with Gasteiger partial charge < -0.3 is 0 Å². The summed E-state index contributed by atoms with van der Waals surface area (Å²) in [5.74, 6) is 0.337. The molecule has 4 rings (SSSR count). The van der Waals surface area contributed by atoms with Crippen molar-refractivity contribution in [3.8, 4) is 10.4 Å². The van der Waals surface area contributed by atoms with Crippen molar-refractivity contribution in [2.24, 2.45) is 0 Å². The van der Waals surface area contributed by atoms with Crippen LogP contribution < -0.4 is 0 Å². The molecule has 0 aliphatic rings. The molecule has 0 saturated heterocycles. The number of hydrogen-bond acceptors (Lipinski definition) is 2. The van der Waals surface area contributed by atoms with Gasteiger partial charge in [-0.05, 0) is 40.6 Å². The monoisotopic (exact) mass is 341 g/mol. The zero-order valence-corrected chi connectivity index (χ0v) is 14.7. The Balaban J connectivity index is 1.76. The molecule has 0 fully saturated rings. The number of benzene rings is 2. The molecule has 4 aromatic rings. The average molecular weight is 341 g/mol. The first-order chi connectivity index (χ1) is 12.4. The van der Waals surface area contributed by atoms with Crippen LogP contribution in [0.3, 0.4) is 0 Å². The van der Waals surface area contributed by atoms with E-state index in [0.29, 0.717) is 5.92 Å². The lowest BCUT2D eigenvalue weighted by Gasteiger charge is -2.19. The number of thiophene rings is 1. The van der Waals surface area contributed by atoms with Gasteiger partial charge in [0.1, 0.15) is 0 Å². The molecule has 2 aromatic heterocycles. The van der Waals surface area contributed by atoms with Crippen LogP contribution in [0.2, 0.25) is 0 Å². The third kappa shape index (κ3) is 3.54. The van der Waals surface area contributed by atoms with Crippen molar-refractivity contribution in [1.82, 2.24) is 4.98 Å². The van der Waals surface area contributed by atoms with Gasteiger partial charge >= 0.3 is 0 Å². The van der Waals surface area contributed by atoms with Crippen molar-refractivity contribution < 1.29 is 0 Å². The molecule has 0 unspecified atom stereocenters. The number of rotatable bonds is 5. The van der Waals surface area contributed by atoms with Gasteiger partial charge in [0.25, 0.3) is 0 Å².